The minimum atomic E-state index is -1.39. The first-order valence-electron chi connectivity index (χ1n) is 4.86. The van der Waals surface area contributed by atoms with Gasteiger partial charge in [0.05, 0.1) is 4.92 Å². The molecule has 0 aliphatic carbocycles. The number of nitrogens with zero attached hydrogens (tertiary/aromatic N) is 2. The van der Waals surface area contributed by atoms with Crippen molar-refractivity contribution < 1.29 is 9.72 Å². The zero-order valence-corrected chi connectivity index (χ0v) is 10.1. The van der Waals surface area contributed by atoms with Gasteiger partial charge in [0, 0.05) is 30.8 Å². The van der Waals surface area contributed by atoms with Gasteiger partial charge in [0.25, 0.3) is 11.6 Å². The fraction of sp³-hybridized carbons (Fsp3) is 0.300. The number of carbonyl (C=O) groups is 1. The van der Waals surface area contributed by atoms with Gasteiger partial charge in [-0.3, -0.25) is 14.9 Å². The largest absolute Gasteiger partial charge is 0.310 e. The lowest BCUT2D eigenvalue weighted by atomic mass is 10.2. The summed E-state index contributed by atoms with van der Waals surface area (Å²) in [6.45, 7) is 0.406. The molecule has 17 heavy (non-hydrogen) atoms. The number of halogens is 2. The number of hydrogen-bond acceptors (Lipinski definition) is 3. The van der Waals surface area contributed by atoms with E-state index in [0.29, 0.717) is 18.7 Å². The van der Waals surface area contributed by atoms with E-state index in [1.54, 1.807) is 0 Å². The summed E-state index contributed by atoms with van der Waals surface area (Å²) >= 11 is 11.6. The number of amides is 1. The van der Waals surface area contributed by atoms with Crippen molar-refractivity contribution in [3.05, 3.63) is 34.4 Å². The molecule has 5 nitrogen and oxygen atoms in total. The standard InChI is InChI=1S/C10H8Cl2N2O3/c11-10(12)5-6-13(9(10)15)7-1-3-8(4-2-7)14(16)17/h1-4H,5-6H2. The molecule has 0 bridgehead atoms. The summed E-state index contributed by atoms with van der Waals surface area (Å²) in [5, 5.41) is 10.5. The van der Waals surface area contributed by atoms with E-state index in [9.17, 15) is 14.9 Å². The molecule has 1 heterocycles. The van der Waals surface area contributed by atoms with Crippen LogP contribution in [0.4, 0.5) is 11.4 Å². The smallest absolute Gasteiger partial charge is 0.269 e. The van der Waals surface area contributed by atoms with E-state index in [0.717, 1.165) is 0 Å². The molecular weight excluding hydrogens is 267 g/mol. The lowest BCUT2D eigenvalue weighted by Crippen LogP contribution is -2.31. The number of non-ortho nitro benzene ring substituents is 1. The third-order valence-electron chi connectivity index (χ3n) is 2.58. The Balaban J connectivity index is 2.25. The van der Waals surface area contributed by atoms with Crippen molar-refractivity contribution in [3.8, 4) is 0 Å². The van der Waals surface area contributed by atoms with E-state index in [1.807, 2.05) is 0 Å². The van der Waals surface area contributed by atoms with Gasteiger partial charge in [-0.15, -0.1) is 0 Å². The number of carbonyl (C=O) groups excluding carboxylic acids is 1. The normalized spacial score (nSPS) is 18.5. The molecule has 0 saturated carbocycles. The van der Waals surface area contributed by atoms with Crippen LogP contribution < -0.4 is 4.90 Å². The second-order valence-corrected chi connectivity index (χ2v) is 5.17. The Hall–Kier alpha value is -1.33. The van der Waals surface area contributed by atoms with Crippen molar-refractivity contribution in [1.82, 2.24) is 0 Å². The van der Waals surface area contributed by atoms with Gasteiger partial charge in [0.2, 0.25) is 0 Å². The molecule has 2 rings (SSSR count). The van der Waals surface area contributed by atoms with Gasteiger partial charge >= 0.3 is 0 Å². The Kier molecular flexibility index (Phi) is 2.97. The monoisotopic (exact) mass is 274 g/mol. The number of benzene rings is 1. The van der Waals surface area contributed by atoms with E-state index in [-0.39, 0.29) is 5.69 Å². The number of nitro benzene ring substituents is 1. The summed E-state index contributed by atoms with van der Waals surface area (Å²) in [6.07, 6.45) is 0.339. The molecule has 1 saturated heterocycles. The van der Waals surface area contributed by atoms with E-state index in [2.05, 4.69) is 0 Å². The predicted molar refractivity (Wildman–Crippen MR) is 64.5 cm³/mol. The Morgan fingerprint density at radius 1 is 1.29 bits per heavy atom. The van der Waals surface area contributed by atoms with Gasteiger partial charge in [-0.05, 0) is 12.1 Å². The fourth-order valence-electron chi connectivity index (χ4n) is 1.66. The van der Waals surface area contributed by atoms with Crippen LogP contribution in [0.5, 0.6) is 0 Å². The van der Waals surface area contributed by atoms with E-state index in [4.69, 9.17) is 23.2 Å². The maximum absolute atomic E-state index is 11.8. The van der Waals surface area contributed by atoms with Crippen LogP contribution in [0.2, 0.25) is 0 Å². The Morgan fingerprint density at radius 3 is 2.29 bits per heavy atom. The van der Waals surface area contributed by atoms with Gasteiger partial charge in [0.1, 0.15) is 0 Å². The number of rotatable bonds is 2. The highest BCUT2D eigenvalue weighted by Gasteiger charge is 2.44. The van der Waals surface area contributed by atoms with E-state index >= 15 is 0 Å². The summed E-state index contributed by atoms with van der Waals surface area (Å²) in [5.41, 5.74) is 0.534. The van der Waals surface area contributed by atoms with Crippen molar-refractivity contribution in [2.45, 2.75) is 10.8 Å². The molecule has 0 unspecified atom stereocenters. The molecule has 90 valence electrons. The minimum absolute atomic E-state index is 0.0246. The molecule has 1 fully saturated rings. The van der Waals surface area contributed by atoms with Crippen LogP contribution in [-0.2, 0) is 4.79 Å². The average molecular weight is 275 g/mol. The first kappa shape index (κ1) is 12.1. The highest BCUT2D eigenvalue weighted by atomic mass is 35.5. The molecule has 0 N–H and O–H groups in total. The molecule has 1 aliphatic rings. The number of hydrogen-bond donors (Lipinski definition) is 0. The third kappa shape index (κ3) is 2.21. The number of alkyl halides is 2. The Labute approximate surface area is 107 Å². The zero-order valence-electron chi connectivity index (χ0n) is 8.60. The van der Waals surface area contributed by atoms with Crippen molar-refractivity contribution in [1.29, 1.82) is 0 Å². The van der Waals surface area contributed by atoms with Crippen LogP contribution in [0.15, 0.2) is 24.3 Å². The van der Waals surface area contributed by atoms with Gasteiger partial charge in [-0.2, -0.15) is 0 Å². The summed E-state index contributed by atoms with van der Waals surface area (Å²) < 4.78 is -1.39. The predicted octanol–water partition coefficient (Wildman–Crippen LogP) is 2.51. The van der Waals surface area contributed by atoms with Crippen LogP contribution in [0, 0.1) is 10.1 Å². The highest BCUT2D eigenvalue weighted by molar-refractivity contribution is 6.59. The molecule has 1 aromatic carbocycles. The molecule has 0 radical (unpaired) electrons. The molecule has 1 amide bonds. The van der Waals surface area contributed by atoms with Crippen LogP contribution in [0.1, 0.15) is 6.42 Å². The first-order chi connectivity index (χ1) is 7.92. The lowest BCUT2D eigenvalue weighted by Gasteiger charge is -2.16. The second-order valence-electron chi connectivity index (χ2n) is 3.68. The van der Waals surface area contributed by atoms with Crippen molar-refractivity contribution in [2.24, 2.45) is 0 Å². The van der Waals surface area contributed by atoms with Crippen LogP contribution in [0.3, 0.4) is 0 Å². The van der Waals surface area contributed by atoms with Gasteiger partial charge in [-0.25, -0.2) is 0 Å². The molecule has 1 aliphatic heterocycles. The quantitative estimate of drug-likeness (QED) is 0.473. The topological polar surface area (TPSA) is 63.5 Å². The van der Waals surface area contributed by atoms with Crippen molar-refractivity contribution >= 4 is 40.5 Å². The highest BCUT2D eigenvalue weighted by Crippen LogP contribution is 2.36. The SMILES string of the molecule is O=C1N(c2ccc([N+](=O)[O-])cc2)CCC1(Cl)Cl. The first-order valence-corrected chi connectivity index (χ1v) is 5.62. The molecule has 0 aromatic heterocycles. The Bertz CT molecular complexity index is 473. The second kappa shape index (κ2) is 4.16. The molecular formula is C10H8Cl2N2O3. The third-order valence-corrected chi connectivity index (χ3v) is 3.28. The summed E-state index contributed by atoms with van der Waals surface area (Å²) in [6, 6.07) is 5.69. The van der Waals surface area contributed by atoms with Crippen molar-refractivity contribution in [2.75, 3.05) is 11.4 Å². The van der Waals surface area contributed by atoms with Crippen LogP contribution in [-0.4, -0.2) is 21.7 Å². The van der Waals surface area contributed by atoms with Crippen LogP contribution in [0.25, 0.3) is 0 Å². The maximum atomic E-state index is 11.8. The lowest BCUT2D eigenvalue weighted by molar-refractivity contribution is -0.384. The molecule has 0 atom stereocenters. The van der Waals surface area contributed by atoms with Gasteiger partial charge < -0.3 is 4.90 Å². The number of nitro groups is 1. The zero-order chi connectivity index (χ0) is 12.6. The summed E-state index contributed by atoms with van der Waals surface area (Å²) in [7, 11) is 0. The summed E-state index contributed by atoms with van der Waals surface area (Å²) in [4.78, 5) is 23.2. The Morgan fingerprint density at radius 2 is 1.88 bits per heavy atom. The van der Waals surface area contributed by atoms with E-state index < -0.39 is 15.2 Å². The van der Waals surface area contributed by atoms with Crippen molar-refractivity contribution in [3.63, 3.8) is 0 Å². The fourth-order valence-corrected chi connectivity index (χ4v) is 2.03. The van der Waals surface area contributed by atoms with Crippen LogP contribution >= 0.6 is 23.2 Å². The van der Waals surface area contributed by atoms with Gasteiger partial charge in [0.15, 0.2) is 4.33 Å². The molecule has 1 aromatic rings. The molecule has 7 heteroatoms. The van der Waals surface area contributed by atoms with E-state index in [1.165, 1.54) is 29.2 Å². The summed E-state index contributed by atoms with van der Waals surface area (Å²) in [5.74, 6) is -0.394. The van der Waals surface area contributed by atoms with Gasteiger partial charge in [-0.1, -0.05) is 23.2 Å². The number of anilines is 1. The maximum Gasteiger partial charge on any atom is 0.269 e. The average Bonchev–Trinajstić information content (AvgIpc) is 2.55. The molecule has 0 spiro atoms. The minimum Gasteiger partial charge on any atom is -0.310 e.